The monoisotopic (exact) mass is 381 g/mol. The van der Waals surface area contributed by atoms with Crippen molar-refractivity contribution in [3.05, 3.63) is 59.9 Å². The molecule has 0 spiro atoms. The minimum atomic E-state index is -0.634. The standard InChI is InChI=1S/C23H31N3O2/c1-16(2)14-19-22(28)26(15-17-10-7-6-8-11-17)20(18-12-9-13-25(18)19)21(27)24-23(3,4)5/h6-13,16,19-20H,14-15H2,1-5H3,(H,24,27)/t19-,20-/m0/s1. The third-order valence-corrected chi connectivity index (χ3v) is 4.94. The fraction of sp³-hybridized carbons (Fsp3) is 0.478. The van der Waals surface area contributed by atoms with E-state index in [4.69, 9.17) is 0 Å². The van der Waals surface area contributed by atoms with Gasteiger partial charge >= 0.3 is 0 Å². The Hall–Kier alpha value is -2.56. The third kappa shape index (κ3) is 4.29. The minimum absolute atomic E-state index is 0.00955. The summed E-state index contributed by atoms with van der Waals surface area (Å²) in [6.45, 7) is 10.5. The van der Waals surface area contributed by atoms with Crippen molar-refractivity contribution in [2.75, 3.05) is 0 Å². The summed E-state index contributed by atoms with van der Waals surface area (Å²) in [6.07, 6.45) is 2.68. The molecule has 2 heterocycles. The van der Waals surface area contributed by atoms with Crippen LogP contribution < -0.4 is 5.32 Å². The number of rotatable bonds is 5. The van der Waals surface area contributed by atoms with Crippen LogP contribution in [0.1, 0.15) is 64.4 Å². The number of carbonyl (C=O) groups is 2. The number of hydrogen-bond acceptors (Lipinski definition) is 2. The molecular formula is C23H31N3O2. The van der Waals surface area contributed by atoms with Gasteiger partial charge in [-0.05, 0) is 50.8 Å². The molecule has 0 unspecified atom stereocenters. The van der Waals surface area contributed by atoms with E-state index in [9.17, 15) is 9.59 Å². The average Bonchev–Trinajstić information content (AvgIpc) is 3.06. The summed E-state index contributed by atoms with van der Waals surface area (Å²) in [6, 6.07) is 12.9. The van der Waals surface area contributed by atoms with Gasteiger partial charge in [0.25, 0.3) is 0 Å². The Morgan fingerprint density at radius 1 is 1.11 bits per heavy atom. The first kappa shape index (κ1) is 20.2. The van der Waals surface area contributed by atoms with Crippen LogP contribution in [0.5, 0.6) is 0 Å². The number of carbonyl (C=O) groups excluding carboxylic acids is 2. The highest BCUT2D eigenvalue weighted by molar-refractivity contribution is 5.92. The van der Waals surface area contributed by atoms with E-state index < -0.39 is 6.04 Å². The van der Waals surface area contributed by atoms with Crippen LogP contribution in [0, 0.1) is 5.92 Å². The highest BCUT2D eigenvalue weighted by Gasteiger charge is 2.43. The second kappa shape index (κ2) is 7.82. The van der Waals surface area contributed by atoms with Gasteiger partial charge in [-0.1, -0.05) is 44.2 Å². The van der Waals surface area contributed by atoms with Crippen molar-refractivity contribution >= 4 is 11.8 Å². The van der Waals surface area contributed by atoms with Crippen LogP contribution in [0.4, 0.5) is 0 Å². The van der Waals surface area contributed by atoms with E-state index >= 15 is 0 Å². The van der Waals surface area contributed by atoms with Crippen LogP contribution in [0.15, 0.2) is 48.7 Å². The Balaban J connectivity index is 2.03. The Bertz CT molecular complexity index is 833. The fourth-order valence-electron chi connectivity index (χ4n) is 3.84. The van der Waals surface area contributed by atoms with Gasteiger partial charge in [0.15, 0.2) is 6.04 Å². The molecule has 150 valence electrons. The molecule has 1 aliphatic heterocycles. The quantitative estimate of drug-likeness (QED) is 0.849. The van der Waals surface area contributed by atoms with Gasteiger partial charge in [0.05, 0.1) is 5.69 Å². The normalized spacial score (nSPS) is 19.6. The van der Waals surface area contributed by atoms with Gasteiger partial charge in [0, 0.05) is 18.3 Å². The molecule has 0 radical (unpaired) electrons. The van der Waals surface area contributed by atoms with Gasteiger partial charge in [-0.3, -0.25) is 9.59 Å². The SMILES string of the molecule is CC(C)C[C@H]1C(=O)N(Cc2ccccc2)[C@H](C(=O)NC(C)(C)C)c2cccn21. The summed E-state index contributed by atoms with van der Waals surface area (Å²) in [5, 5.41) is 3.07. The van der Waals surface area contributed by atoms with Gasteiger partial charge in [-0.25, -0.2) is 0 Å². The molecule has 1 aromatic heterocycles. The zero-order valence-corrected chi connectivity index (χ0v) is 17.5. The van der Waals surface area contributed by atoms with Crippen LogP contribution in [0.3, 0.4) is 0 Å². The number of amides is 2. The van der Waals surface area contributed by atoms with Crippen LogP contribution in [0.25, 0.3) is 0 Å². The molecule has 28 heavy (non-hydrogen) atoms. The van der Waals surface area contributed by atoms with E-state index in [0.29, 0.717) is 12.5 Å². The molecule has 0 saturated carbocycles. The molecule has 1 aromatic carbocycles. The number of hydrogen-bond donors (Lipinski definition) is 1. The topological polar surface area (TPSA) is 54.3 Å². The molecule has 1 aliphatic rings. The summed E-state index contributed by atoms with van der Waals surface area (Å²) >= 11 is 0. The lowest BCUT2D eigenvalue weighted by atomic mass is 9.96. The molecule has 0 bridgehead atoms. The molecule has 2 aromatic rings. The maximum Gasteiger partial charge on any atom is 0.249 e. The van der Waals surface area contributed by atoms with E-state index in [-0.39, 0.29) is 23.4 Å². The highest BCUT2D eigenvalue weighted by Crippen LogP contribution is 2.36. The van der Waals surface area contributed by atoms with Gasteiger partial charge in [-0.2, -0.15) is 0 Å². The van der Waals surface area contributed by atoms with Crippen molar-refractivity contribution in [2.24, 2.45) is 5.92 Å². The Kier molecular flexibility index (Phi) is 5.64. The predicted octanol–water partition coefficient (Wildman–Crippen LogP) is 4.07. The maximum absolute atomic E-state index is 13.5. The lowest BCUT2D eigenvalue weighted by Crippen LogP contribution is -2.53. The Labute approximate surface area is 167 Å². The predicted molar refractivity (Wildman–Crippen MR) is 111 cm³/mol. The Morgan fingerprint density at radius 3 is 2.39 bits per heavy atom. The van der Waals surface area contributed by atoms with Crippen LogP contribution in [-0.2, 0) is 16.1 Å². The van der Waals surface area contributed by atoms with Crippen molar-refractivity contribution in [1.29, 1.82) is 0 Å². The van der Waals surface area contributed by atoms with Gasteiger partial charge in [0.2, 0.25) is 11.8 Å². The first-order valence-electron chi connectivity index (χ1n) is 10.0. The summed E-state index contributed by atoms with van der Waals surface area (Å²) in [5.74, 6) is 0.248. The summed E-state index contributed by atoms with van der Waals surface area (Å²) in [4.78, 5) is 28.5. The first-order chi connectivity index (χ1) is 13.2. The lowest BCUT2D eigenvalue weighted by molar-refractivity contribution is -0.148. The maximum atomic E-state index is 13.5. The van der Waals surface area contributed by atoms with E-state index in [2.05, 4.69) is 19.2 Å². The van der Waals surface area contributed by atoms with Crippen molar-refractivity contribution in [1.82, 2.24) is 14.8 Å². The van der Waals surface area contributed by atoms with Crippen LogP contribution in [0.2, 0.25) is 0 Å². The zero-order chi connectivity index (χ0) is 20.5. The fourth-order valence-corrected chi connectivity index (χ4v) is 3.84. The van der Waals surface area contributed by atoms with Gasteiger partial charge in [-0.15, -0.1) is 0 Å². The van der Waals surface area contributed by atoms with Gasteiger partial charge in [0.1, 0.15) is 6.04 Å². The molecular weight excluding hydrogens is 350 g/mol. The second-order valence-corrected chi connectivity index (χ2v) is 9.08. The average molecular weight is 382 g/mol. The molecule has 0 aliphatic carbocycles. The highest BCUT2D eigenvalue weighted by atomic mass is 16.2. The molecule has 5 nitrogen and oxygen atoms in total. The van der Waals surface area contributed by atoms with Gasteiger partial charge < -0.3 is 14.8 Å². The molecule has 5 heteroatoms. The molecule has 2 amide bonds. The number of aromatic nitrogens is 1. The minimum Gasteiger partial charge on any atom is -0.349 e. The second-order valence-electron chi connectivity index (χ2n) is 9.08. The molecule has 1 N–H and O–H groups in total. The first-order valence-corrected chi connectivity index (χ1v) is 10.0. The van der Waals surface area contributed by atoms with E-state index in [0.717, 1.165) is 17.7 Å². The van der Waals surface area contributed by atoms with Crippen LogP contribution in [-0.4, -0.2) is 26.8 Å². The third-order valence-electron chi connectivity index (χ3n) is 4.94. The molecule has 2 atom stereocenters. The number of nitrogens with one attached hydrogen (secondary N) is 1. The number of nitrogens with zero attached hydrogens (tertiary/aromatic N) is 2. The smallest absolute Gasteiger partial charge is 0.249 e. The van der Waals surface area contributed by atoms with E-state index in [1.807, 2.05) is 74.0 Å². The zero-order valence-electron chi connectivity index (χ0n) is 17.5. The van der Waals surface area contributed by atoms with E-state index in [1.54, 1.807) is 4.90 Å². The largest absolute Gasteiger partial charge is 0.349 e. The van der Waals surface area contributed by atoms with Crippen molar-refractivity contribution < 1.29 is 9.59 Å². The van der Waals surface area contributed by atoms with Crippen molar-refractivity contribution in [3.63, 3.8) is 0 Å². The van der Waals surface area contributed by atoms with Crippen molar-refractivity contribution in [2.45, 2.75) is 65.2 Å². The molecule has 0 saturated heterocycles. The Morgan fingerprint density at radius 2 is 1.79 bits per heavy atom. The molecule has 3 rings (SSSR count). The summed E-state index contributed by atoms with van der Waals surface area (Å²) < 4.78 is 2.00. The summed E-state index contributed by atoms with van der Waals surface area (Å²) in [7, 11) is 0. The lowest BCUT2D eigenvalue weighted by Gasteiger charge is -2.41. The number of fused-ring (bicyclic) bond motifs is 1. The van der Waals surface area contributed by atoms with Crippen LogP contribution >= 0.6 is 0 Å². The number of benzene rings is 1. The van der Waals surface area contributed by atoms with E-state index in [1.165, 1.54) is 0 Å². The van der Waals surface area contributed by atoms with Crippen molar-refractivity contribution in [3.8, 4) is 0 Å². The summed E-state index contributed by atoms with van der Waals surface area (Å²) in [5.41, 5.74) is 1.53. The molecule has 0 fully saturated rings.